The van der Waals surface area contributed by atoms with Gasteiger partial charge >= 0.3 is 5.97 Å². The predicted molar refractivity (Wildman–Crippen MR) is 94.8 cm³/mol. The predicted octanol–water partition coefficient (Wildman–Crippen LogP) is 2.69. The zero-order valence-electron chi connectivity index (χ0n) is 14.5. The van der Waals surface area contributed by atoms with Crippen LogP contribution in [0.5, 0.6) is 0 Å². The molecular weight excluding hydrogens is 326 g/mol. The van der Waals surface area contributed by atoms with Gasteiger partial charge in [-0.15, -0.1) is 11.3 Å². The molecule has 0 saturated heterocycles. The molecule has 0 unspecified atom stereocenters. The van der Waals surface area contributed by atoms with Gasteiger partial charge in [0.15, 0.2) is 0 Å². The highest BCUT2D eigenvalue weighted by Gasteiger charge is 2.29. The van der Waals surface area contributed by atoms with E-state index in [0.29, 0.717) is 23.2 Å². The van der Waals surface area contributed by atoms with E-state index in [1.54, 1.807) is 6.92 Å². The summed E-state index contributed by atoms with van der Waals surface area (Å²) in [5.74, 6) is 1.73. The van der Waals surface area contributed by atoms with E-state index >= 15 is 0 Å². The highest BCUT2D eigenvalue weighted by molar-refractivity contribution is 7.20. The molecule has 0 bridgehead atoms. The Hall–Kier alpha value is -1.73. The third-order valence-electron chi connectivity index (χ3n) is 4.45. The number of rotatable bonds is 5. The fourth-order valence-corrected chi connectivity index (χ4v) is 4.33. The maximum absolute atomic E-state index is 12.2. The molecule has 1 fully saturated rings. The number of aryl methyl sites for hydroxylation is 2. The monoisotopic (exact) mass is 349 g/mol. The van der Waals surface area contributed by atoms with Crippen LogP contribution in [0.25, 0.3) is 10.2 Å². The summed E-state index contributed by atoms with van der Waals surface area (Å²) in [4.78, 5) is 24.8. The summed E-state index contributed by atoms with van der Waals surface area (Å²) < 4.78 is 5.15. The van der Waals surface area contributed by atoms with Gasteiger partial charge in [-0.1, -0.05) is 0 Å². The third kappa shape index (κ3) is 3.10. The normalized spacial score (nSPS) is 20.0. The number of hydrogen-bond acceptors (Lipinski definition) is 7. The van der Waals surface area contributed by atoms with Gasteiger partial charge in [0.25, 0.3) is 0 Å². The molecule has 1 N–H and O–H groups in total. The summed E-state index contributed by atoms with van der Waals surface area (Å²) in [6, 6.07) is 0. The lowest BCUT2D eigenvalue weighted by molar-refractivity contribution is 0.0464. The first-order chi connectivity index (χ1) is 11.4. The average molecular weight is 349 g/mol. The van der Waals surface area contributed by atoms with E-state index < -0.39 is 0 Å². The molecule has 1 aliphatic rings. The second-order valence-electron chi connectivity index (χ2n) is 6.42. The Balaban J connectivity index is 1.98. The Kier molecular flexibility index (Phi) is 4.73. The summed E-state index contributed by atoms with van der Waals surface area (Å²) in [6.45, 7) is 6.79. The molecule has 0 atom stereocenters. The summed E-state index contributed by atoms with van der Waals surface area (Å²) in [5, 5.41) is 10.4. The second kappa shape index (κ2) is 6.64. The van der Waals surface area contributed by atoms with E-state index in [1.165, 1.54) is 11.3 Å². The van der Waals surface area contributed by atoms with Crippen LogP contribution in [0.3, 0.4) is 0 Å². The van der Waals surface area contributed by atoms with Gasteiger partial charge in [-0.3, -0.25) is 0 Å². The highest BCUT2D eigenvalue weighted by Crippen LogP contribution is 2.37. The molecule has 0 aliphatic heterocycles. The van der Waals surface area contributed by atoms with Crippen molar-refractivity contribution in [3.8, 4) is 0 Å². The zero-order chi connectivity index (χ0) is 17.4. The number of fused-ring (bicyclic) bond motifs is 1. The van der Waals surface area contributed by atoms with Crippen LogP contribution in [0.1, 0.15) is 40.8 Å². The van der Waals surface area contributed by atoms with Gasteiger partial charge in [0.1, 0.15) is 21.3 Å². The van der Waals surface area contributed by atoms with Crippen molar-refractivity contribution in [3.05, 3.63) is 16.3 Å². The van der Waals surface area contributed by atoms with Crippen molar-refractivity contribution in [1.82, 2.24) is 9.97 Å². The number of nitrogens with zero attached hydrogens (tertiary/aromatic N) is 3. The molecule has 6 nitrogen and oxygen atoms in total. The minimum atomic E-state index is -0.300. The van der Waals surface area contributed by atoms with Gasteiger partial charge in [0.2, 0.25) is 0 Å². The first kappa shape index (κ1) is 17.1. The Morgan fingerprint density at radius 1 is 1.38 bits per heavy atom. The van der Waals surface area contributed by atoms with E-state index in [-0.39, 0.29) is 12.1 Å². The molecular formula is C17H23N3O3S. The lowest BCUT2D eigenvalue weighted by atomic mass is 9.82. The highest BCUT2D eigenvalue weighted by atomic mass is 32.1. The number of ether oxygens (including phenoxy) is 1. The summed E-state index contributed by atoms with van der Waals surface area (Å²) in [7, 11) is 2.01. The Morgan fingerprint density at radius 3 is 2.71 bits per heavy atom. The largest absolute Gasteiger partial charge is 0.462 e. The molecule has 2 heterocycles. The van der Waals surface area contributed by atoms with Crippen molar-refractivity contribution in [3.63, 3.8) is 0 Å². The third-order valence-corrected chi connectivity index (χ3v) is 5.61. The maximum atomic E-state index is 12.2. The SMILES string of the molecule is CCOC(=O)c1sc2nc(C)nc(N(C)CC3CC(O)C3)c2c1C. The number of hydrogen-bond donors (Lipinski definition) is 1. The van der Waals surface area contributed by atoms with Gasteiger partial charge < -0.3 is 14.7 Å². The second-order valence-corrected chi connectivity index (χ2v) is 7.42. The number of thiophene rings is 1. The first-order valence-corrected chi connectivity index (χ1v) is 9.06. The molecule has 1 aliphatic carbocycles. The number of carbonyl (C=O) groups excluding carboxylic acids is 1. The maximum Gasteiger partial charge on any atom is 0.348 e. The van der Waals surface area contributed by atoms with Gasteiger partial charge in [-0.25, -0.2) is 14.8 Å². The fourth-order valence-electron chi connectivity index (χ4n) is 3.21. The molecule has 7 heteroatoms. The smallest absolute Gasteiger partial charge is 0.348 e. The van der Waals surface area contributed by atoms with Gasteiger partial charge in [0.05, 0.1) is 18.1 Å². The van der Waals surface area contributed by atoms with E-state index in [1.807, 2.05) is 20.9 Å². The average Bonchev–Trinajstić information content (AvgIpc) is 2.82. The molecule has 24 heavy (non-hydrogen) atoms. The van der Waals surface area contributed by atoms with E-state index in [0.717, 1.165) is 41.0 Å². The van der Waals surface area contributed by atoms with Crippen molar-refractivity contribution >= 4 is 33.3 Å². The van der Waals surface area contributed by atoms with Crippen LogP contribution >= 0.6 is 11.3 Å². The quantitative estimate of drug-likeness (QED) is 0.837. The van der Waals surface area contributed by atoms with Crippen molar-refractivity contribution in [2.75, 3.05) is 25.1 Å². The molecule has 0 aromatic carbocycles. The number of anilines is 1. The van der Waals surface area contributed by atoms with Crippen molar-refractivity contribution in [1.29, 1.82) is 0 Å². The van der Waals surface area contributed by atoms with Crippen LogP contribution in [0, 0.1) is 19.8 Å². The number of aliphatic hydroxyl groups is 1. The van der Waals surface area contributed by atoms with Crippen LogP contribution in [0.2, 0.25) is 0 Å². The lowest BCUT2D eigenvalue weighted by Gasteiger charge is -2.35. The van der Waals surface area contributed by atoms with Crippen molar-refractivity contribution in [2.24, 2.45) is 5.92 Å². The Morgan fingerprint density at radius 2 is 2.08 bits per heavy atom. The van der Waals surface area contributed by atoms with E-state index in [9.17, 15) is 9.90 Å². The minimum absolute atomic E-state index is 0.158. The van der Waals surface area contributed by atoms with E-state index in [4.69, 9.17) is 4.74 Å². The molecule has 1 saturated carbocycles. The number of esters is 1. The molecule has 130 valence electrons. The molecule has 0 amide bonds. The van der Waals surface area contributed by atoms with Gasteiger partial charge in [-0.2, -0.15) is 0 Å². The van der Waals surface area contributed by atoms with Crippen molar-refractivity contribution < 1.29 is 14.6 Å². The van der Waals surface area contributed by atoms with Gasteiger partial charge in [0, 0.05) is 13.6 Å². The summed E-state index contributed by atoms with van der Waals surface area (Å²) in [5.41, 5.74) is 0.879. The molecule has 0 spiro atoms. The van der Waals surface area contributed by atoms with Crippen molar-refractivity contribution in [2.45, 2.75) is 39.7 Å². The lowest BCUT2D eigenvalue weighted by Crippen LogP contribution is -2.37. The fraction of sp³-hybridized carbons (Fsp3) is 0.588. The number of carbonyl (C=O) groups is 1. The van der Waals surface area contributed by atoms with Crippen LogP contribution in [-0.4, -0.2) is 47.3 Å². The molecule has 0 radical (unpaired) electrons. The molecule has 3 rings (SSSR count). The van der Waals surface area contributed by atoms with Gasteiger partial charge in [-0.05, 0) is 45.1 Å². The number of aliphatic hydroxyl groups excluding tert-OH is 1. The molecule has 2 aromatic rings. The zero-order valence-corrected chi connectivity index (χ0v) is 15.3. The number of aromatic nitrogens is 2. The standard InChI is InChI=1S/C17H23N3O3S/c1-5-23-17(22)14-9(2)13-15(18-10(3)19-16(13)24-14)20(4)8-11-6-12(21)7-11/h11-12,21H,5-8H2,1-4H3. The minimum Gasteiger partial charge on any atom is -0.462 e. The summed E-state index contributed by atoms with van der Waals surface area (Å²) >= 11 is 1.36. The summed E-state index contributed by atoms with van der Waals surface area (Å²) in [6.07, 6.45) is 1.52. The van der Waals surface area contributed by atoms with Crippen LogP contribution in [-0.2, 0) is 4.74 Å². The first-order valence-electron chi connectivity index (χ1n) is 8.24. The Labute approximate surface area is 145 Å². The topological polar surface area (TPSA) is 75.5 Å². The Bertz CT molecular complexity index is 768. The van der Waals surface area contributed by atoms with Crippen LogP contribution < -0.4 is 4.90 Å². The van der Waals surface area contributed by atoms with Crippen LogP contribution in [0.15, 0.2) is 0 Å². The molecule has 2 aromatic heterocycles. The van der Waals surface area contributed by atoms with E-state index in [2.05, 4.69) is 14.9 Å². The van der Waals surface area contributed by atoms with Crippen LogP contribution in [0.4, 0.5) is 5.82 Å².